The second-order valence-electron chi connectivity index (χ2n) is 7.92. The Morgan fingerprint density at radius 3 is 2.80 bits per heavy atom. The van der Waals surface area contributed by atoms with Gasteiger partial charge in [0.1, 0.15) is 5.52 Å². The first-order valence-corrected chi connectivity index (χ1v) is 9.30. The molecule has 0 amide bonds. The molecule has 0 saturated carbocycles. The first-order chi connectivity index (χ1) is 11.8. The summed E-state index contributed by atoms with van der Waals surface area (Å²) >= 11 is 0. The number of anilines is 1. The van der Waals surface area contributed by atoms with Crippen molar-refractivity contribution in [3.63, 3.8) is 0 Å². The molecule has 25 heavy (non-hydrogen) atoms. The maximum Gasteiger partial charge on any atom is 0.357 e. The van der Waals surface area contributed by atoms with Crippen molar-refractivity contribution in [3.05, 3.63) is 23.0 Å². The van der Waals surface area contributed by atoms with Crippen LogP contribution in [-0.4, -0.2) is 29.1 Å². The number of hydrogen-bond donors (Lipinski definition) is 2. The van der Waals surface area contributed by atoms with Gasteiger partial charge in [-0.3, -0.25) is 0 Å². The van der Waals surface area contributed by atoms with E-state index in [1.807, 2.05) is 13.8 Å². The Bertz CT molecular complexity index is 786. The SMILES string of the molecule is CCNc1c(C(=O)OCC)[nH]c2cc3c(nc12)CCC(C(C)(C)C)C3. The summed E-state index contributed by atoms with van der Waals surface area (Å²) in [7, 11) is 0. The number of aryl methyl sites for hydroxylation is 1. The van der Waals surface area contributed by atoms with Crippen molar-refractivity contribution >= 4 is 22.7 Å². The molecule has 3 rings (SSSR count). The smallest absolute Gasteiger partial charge is 0.357 e. The number of hydrogen-bond acceptors (Lipinski definition) is 4. The van der Waals surface area contributed by atoms with Gasteiger partial charge in [0.25, 0.3) is 0 Å². The highest BCUT2D eigenvalue weighted by Gasteiger charge is 2.30. The highest BCUT2D eigenvalue weighted by Crippen LogP contribution is 2.38. The Hall–Kier alpha value is -2.04. The van der Waals surface area contributed by atoms with Crippen LogP contribution in [0.2, 0.25) is 0 Å². The second kappa shape index (κ2) is 6.70. The van der Waals surface area contributed by atoms with Crippen LogP contribution in [0.1, 0.15) is 62.8 Å². The average molecular weight is 343 g/mol. The van der Waals surface area contributed by atoms with Crippen LogP contribution in [0.15, 0.2) is 6.07 Å². The topological polar surface area (TPSA) is 67.0 Å². The van der Waals surface area contributed by atoms with Crippen LogP contribution in [0.25, 0.3) is 11.0 Å². The van der Waals surface area contributed by atoms with Gasteiger partial charge in [-0.15, -0.1) is 0 Å². The predicted octanol–water partition coefficient (Wildman–Crippen LogP) is 4.32. The zero-order valence-electron chi connectivity index (χ0n) is 16.0. The Labute approximate surface area is 149 Å². The number of pyridine rings is 1. The molecule has 5 heteroatoms. The Morgan fingerprint density at radius 1 is 1.40 bits per heavy atom. The number of carbonyl (C=O) groups is 1. The largest absolute Gasteiger partial charge is 0.461 e. The molecule has 2 N–H and O–H groups in total. The number of esters is 1. The lowest BCUT2D eigenvalue weighted by Gasteiger charge is -2.34. The van der Waals surface area contributed by atoms with Crippen LogP contribution < -0.4 is 5.32 Å². The lowest BCUT2D eigenvalue weighted by Crippen LogP contribution is -2.27. The van der Waals surface area contributed by atoms with Gasteiger partial charge in [0.15, 0.2) is 5.69 Å². The van der Waals surface area contributed by atoms with Crippen LogP contribution >= 0.6 is 0 Å². The number of nitrogens with one attached hydrogen (secondary N) is 2. The van der Waals surface area contributed by atoms with Crippen molar-refractivity contribution < 1.29 is 9.53 Å². The van der Waals surface area contributed by atoms with E-state index < -0.39 is 0 Å². The molecule has 0 radical (unpaired) electrons. The summed E-state index contributed by atoms with van der Waals surface area (Å²) in [5.74, 6) is 0.328. The minimum absolute atomic E-state index is 0.299. The third kappa shape index (κ3) is 3.37. The molecule has 0 aromatic carbocycles. The van der Waals surface area contributed by atoms with Crippen molar-refractivity contribution in [2.24, 2.45) is 11.3 Å². The zero-order valence-corrected chi connectivity index (χ0v) is 16.0. The summed E-state index contributed by atoms with van der Waals surface area (Å²) in [5.41, 5.74) is 5.76. The van der Waals surface area contributed by atoms with E-state index in [2.05, 4.69) is 37.1 Å². The molecule has 0 saturated heterocycles. The molecule has 5 nitrogen and oxygen atoms in total. The number of H-pyrrole nitrogens is 1. The molecular formula is C20H29N3O2. The standard InChI is InChI=1S/C20H29N3O2/c1-6-21-17-16-15(23-18(17)19(24)25-7-2)11-12-10-13(20(3,4)5)8-9-14(12)22-16/h11,13,21,23H,6-10H2,1-5H3. The van der Waals surface area contributed by atoms with E-state index in [1.54, 1.807) is 0 Å². The van der Waals surface area contributed by atoms with Crippen LogP contribution in [-0.2, 0) is 17.6 Å². The van der Waals surface area contributed by atoms with Crippen molar-refractivity contribution in [3.8, 4) is 0 Å². The van der Waals surface area contributed by atoms with Gasteiger partial charge < -0.3 is 15.0 Å². The Morgan fingerprint density at radius 2 is 2.16 bits per heavy atom. The van der Waals surface area contributed by atoms with E-state index in [-0.39, 0.29) is 5.97 Å². The van der Waals surface area contributed by atoms with Gasteiger partial charge in [0.05, 0.1) is 17.8 Å². The van der Waals surface area contributed by atoms with E-state index in [4.69, 9.17) is 9.72 Å². The molecule has 2 heterocycles. The molecule has 1 atom stereocenters. The lowest BCUT2D eigenvalue weighted by atomic mass is 9.71. The Balaban J connectivity index is 2.06. The number of carbonyl (C=O) groups excluding carboxylic acids is 1. The van der Waals surface area contributed by atoms with E-state index in [1.165, 1.54) is 17.7 Å². The molecule has 2 aromatic heterocycles. The van der Waals surface area contributed by atoms with Crippen molar-refractivity contribution in [1.82, 2.24) is 9.97 Å². The number of aromatic nitrogens is 2. The fourth-order valence-corrected chi connectivity index (χ4v) is 3.71. The summed E-state index contributed by atoms with van der Waals surface area (Å²) in [6.07, 6.45) is 3.21. The molecule has 0 bridgehead atoms. The van der Waals surface area contributed by atoms with Crippen LogP contribution in [0.5, 0.6) is 0 Å². The first-order valence-electron chi connectivity index (χ1n) is 9.30. The average Bonchev–Trinajstić information content (AvgIpc) is 2.90. The van der Waals surface area contributed by atoms with Gasteiger partial charge in [-0.05, 0) is 56.1 Å². The lowest BCUT2D eigenvalue weighted by molar-refractivity contribution is 0.0521. The first kappa shape index (κ1) is 17.8. The number of ether oxygens (including phenoxy) is 1. The van der Waals surface area contributed by atoms with E-state index in [0.717, 1.165) is 36.1 Å². The van der Waals surface area contributed by atoms with Gasteiger partial charge in [-0.1, -0.05) is 20.8 Å². The van der Waals surface area contributed by atoms with Crippen LogP contribution in [0.3, 0.4) is 0 Å². The highest BCUT2D eigenvalue weighted by atomic mass is 16.5. The monoisotopic (exact) mass is 343 g/mol. The molecule has 0 aliphatic heterocycles. The summed E-state index contributed by atoms with van der Waals surface area (Å²) in [6.45, 7) is 11.8. The maximum atomic E-state index is 12.3. The second-order valence-corrected chi connectivity index (χ2v) is 7.92. The summed E-state index contributed by atoms with van der Waals surface area (Å²) in [5, 5.41) is 3.28. The van der Waals surface area contributed by atoms with Crippen molar-refractivity contribution in [1.29, 1.82) is 0 Å². The zero-order chi connectivity index (χ0) is 18.2. The Kier molecular flexibility index (Phi) is 4.76. The van der Waals surface area contributed by atoms with E-state index >= 15 is 0 Å². The maximum absolute atomic E-state index is 12.3. The normalized spacial score (nSPS) is 17.4. The number of fused-ring (bicyclic) bond motifs is 2. The number of rotatable bonds is 4. The van der Waals surface area contributed by atoms with E-state index in [0.29, 0.717) is 23.6 Å². The quantitative estimate of drug-likeness (QED) is 0.811. The third-order valence-electron chi connectivity index (χ3n) is 5.19. The van der Waals surface area contributed by atoms with Gasteiger partial charge in [0.2, 0.25) is 0 Å². The summed E-state index contributed by atoms with van der Waals surface area (Å²) in [4.78, 5) is 20.4. The van der Waals surface area contributed by atoms with Gasteiger partial charge in [0, 0.05) is 12.2 Å². The number of nitrogens with zero attached hydrogens (tertiary/aromatic N) is 1. The predicted molar refractivity (Wildman–Crippen MR) is 101 cm³/mol. The molecular weight excluding hydrogens is 314 g/mol. The van der Waals surface area contributed by atoms with Crippen molar-refractivity contribution in [2.75, 3.05) is 18.5 Å². The van der Waals surface area contributed by atoms with Gasteiger partial charge in [-0.2, -0.15) is 0 Å². The summed E-state index contributed by atoms with van der Waals surface area (Å²) in [6, 6.07) is 2.18. The highest BCUT2D eigenvalue weighted by molar-refractivity contribution is 6.04. The molecule has 136 valence electrons. The minimum Gasteiger partial charge on any atom is -0.461 e. The van der Waals surface area contributed by atoms with Crippen molar-refractivity contribution in [2.45, 2.75) is 53.9 Å². The molecule has 0 fully saturated rings. The molecule has 0 spiro atoms. The molecule has 1 aliphatic carbocycles. The summed E-state index contributed by atoms with van der Waals surface area (Å²) < 4.78 is 5.19. The van der Waals surface area contributed by atoms with Crippen LogP contribution in [0.4, 0.5) is 5.69 Å². The van der Waals surface area contributed by atoms with Gasteiger partial charge in [-0.25, -0.2) is 9.78 Å². The fraction of sp³-hybridized carbons (Fsp3) is 0.600. The van der Waals surface area contributed by atoms with Gasteiger partial charge >= 0.3 is 5.97 Å². The minimum atomic E-state index is -0.331. The molecule has 1 aliphatic rings. The number of aromatic amines is 1. The third-order valence-corrected chi connectivity index (χ3v) is 5.19. The fourth-order valence-electron chi connectivity index (χ4n) is 3.71. The molecule has 2 aromatic rings. The van der Waals surface area contributed by atoms with E-state index in [9.17, 15) is 4.79 Å². The van der Waals surface area contributed by atoms with Crippen LogP contribution in [0, 0.1) is 11.3 Å². The molecule has 1 unspecified atom stereocenters.